The Labute approximate surface area is 180 Å². The van der Waals surface area contributed by atoms with Crippen LogP contribution in [0.3, 0.4) is 0 Å². The Morgan fingerprint density at radius 2 is 1.39 bits per heavy atom. The van der Waals surface area contributed by atoms with E-state index in [1.165, 1.54) is 0 Å². The lowest BCUT2D eigenvalue weighted by Crippen LogP contribution is -2.06. The molecule has 3 heteroatoms. The smallest absolute Gasteiger partial charge is 0.344 e. The highest BCUT2D eigenvalue weighted by Gasteiger charge is 2.18. The second-order valence-electron chi connectivity index (χ2n) is 7.31. The molecule has 0 aliphatic heterocycles. The minimum Gasteiger partial charge on any atom is -0.497 e. The maximum Gasteiger partial charge on any atom is 0.344 e. The predicted molar refractivity (Wildman–Crippen MR) is 125 cm³/mol. The number of methoxy groups -OCH3 is 1. The number of fused-ring (bicyclic) bond motifs is 1. The van der Waals surface area contributed by atoms with Gasteiger partial charge in [0.05, 0.1) is 12.7 Å². The molecule has 0 N–H and O–H groups in total. The van der Waals surface area contributed by atoms with Gasteiger partial charge in [-0.15, -0.1) is 0 Å². The summed E-state index contributed by atoms with van der Waals surface area (Å²) in [6, 6.07) is 33.5. The van der Waals surface area contributed by atoms with Gasteiger partial charge < -0.3 is 9.15 Å². The maximum atomic E-state index is 13.4. The summed E-state index contributed by atoms with van der Waals surface area (Å²) in [5.41, 5.74) is 3.71. The second-order valence-corrected chi connectivity index (χ2v) is 7.31. The molecule has 0 saturated carbocycles. The summed E-state index contributed by atoms with van der Waals surface area (Å²) in [4.78, 5) is 13.4. The predicted octanol–water partition coefficient (Wildman–Crippen LogP) is 6.80. The first-order chi connectivity index (χ1) is 15.2. The van der Waals surface area contributed by atoms with E-state index in [0.29, 0.717) is 11.3 Å². The van der Waals surface area contributed by atoms with Crippen molar-refractivity contribution in [2.75, 3.05) is 7.11 Å². The van der Waals surface area contributed by atoms with Crippen LogP contribution in [0.25, 0.3) is 44.3 Å². The van der Waals surface area contributed by atoms with Gasteiger partial charge in [0, 0.05) is 11.1 Å². The van der Waals surface area contributed by atoms with Crippen LogP contribution in [-0.4, -0.2) is 7.11 Å². The summed E-state index contributed by atoms with van der Waals surface area (Å²) < 4.78 is 11.1. The molecule has 3 nitrogen and oxygen atoms in total. The van der Waals surface area contributed by atoms with E-state index in [1.807, 2.05) is 103 Å². The van der Waals surface area contributed by atoms with Crippen molar-refractivity contribution in [3.63, 3.8) is 0 Å². The number of rotatable bonds is 4. The number of ether oxygens (including phenoxy) is 1. The summed E-state index contributed by atoms with van der Waals surface area (Å²) in [7, 11) is 1.63. The topological polar surface area (TPSA) is 39.4 Å². The molecule has 0 unspecified atom stereocenters. The van der Waals surface area contributed by atoms with E-state index in [4.69, 9.17) is 9.15 Å². The minimum atomic E-state index is -0.358. The highest BCUT2D eigenvalue weighted by molar-refractivity contribution is 6.00. The summed E-state index contributed by atoms with van der Waals surface area (Å²) in [5, 5.41) is 2.10. The summed E-state index contributed by atoms with van der Waals surface area (Å²) >= 11 is 0. The number of hydrogen-bond acceptors (Lipinski definition) is 3. The molecule has 1 aromatic heterocycles. The van der Waals surface area contributed by atoms with Crippen LogP contribution in [0.5, 0.6) is 5.75 Å². The summed E-state index contributed by atoms with van der Waals surface area (Å²) in [5.74, 6) is 1.28. The fourth-order valence-electron chi connectivity index (χ4n) is 3.93. The zero-order chi connectivity index (χ0) is 21.2. The first-order valence-electron chi connectivity index (χ1n) is 10.1. The van der Waals surface area contributed by atoms with Crippen LogP contribution in [0.1, 0.15) is 0 Å². The lowest BCUT2D eigenvalue weighted by atomic mass is 9.92. The van der Waals surface area contributed by atoms with E-state index in [0.717, 1.165) is 38.8 Å². The highest BCUT2D eigenvalue weighted by Crippen LogP contribution is 2.36. The quantitative estimate of drug-likeness (QED) is 0.331. The van der Waals surface area contributed by atoms with Gasteiger partial charge in [-0.2, -0.15) is 0 Å². The third-order valence-electron chi connectivity index (χ3n) is 5.47. The summed E-state index contributed by atoms with van der Waals surface area (Å²) in [6.07, 6.45) is 0. The molecule has 0 fully saturated rings. The summed E-state index contributed by atoms with van der Waals surface area (Å²) in [6.45, 7) is 0. The molecule has 150 valence electrons. The van der Waals surface area contributed by atoms with Crippen molar-refractivity contribution in [3.05, 3.63) is 114 Å². The lowest BCUT2D eigenvalue weighted by molar-refractivity contribution is 0.415. The van der Waals surface area contributed by atoms with Gasteiger partial charge in [-0.05, 0) is 52.2 Å². The molecule has 5 aromatic rings. The molecule has 0 aliphatic rings. The first-order valence-corrected chi connectivity index (χ1v) is 10.1. The zero-order valence-corrected chi connectivity index (χ0v) is 17.0. The molecular formula is C28H20O3. The van der Waals surface area contributed by atoms with Crippen LogP contribution in [0.4, 0.5) is 0 Å². The van der Waals surface area contributed by atoms with Crippen LogP contribution in [0.2, 0.25) is 0 Å². The fourth-order valence-corrected chi connectivity index (χ4v) is 3.93. The van der Waals surface area contributed by atoms with Gasteiger partial charge in [-0.1, -0.05) is 72.8 Å². The normalized spacial score (nSPS) is 10.9. The maximum absolute atomic E-state index is 13.4. The van der Waals surface area contributed by atoms with Crippen molar-refractivity contribution in [1.29, 1.82) is 0 Å². The standard InChI is InChI=1S/C28H20O3/c1-30-22-16-14-21(15-17-22)26-18-25(20-8-3-2-4-9-20)27(28(29)31-26)24-13-7-11-19-10-5-6-12-23(19)24/h2-18H,1H3. The molecule has 0 radical (unpaired) electrons. The van der Waals surface area contributed by atoms with E-state index >= 15 is 0 Å². The van der Waals surface area contributed by atoms with E-state index in [-0.39, 0.29) is 5.63 Å². The van der Waals surface area contributed by atoms with Crippen LogP contribution >= 0.6 is 0 Å². The Balaban J connectivity index is 1.79. The van der Waals surface area contributed by atoms with Crippen molar-refractivity contribution in [2.24, 2.45) is 0 Å². The van der Waals surface area contributed by atoms with Gasteiger partial charge in [-0.25, -0.2) is 4.79 Å². The van der Waals surface area contributed by atoms with Crippen LogP contribution in [-0.2, 0) is 0 Å². The van der Waals surface area contributed by atoms with Gasteiger partial charge in [0.25, 0.3) is 0 Å². The second kappa shape index (κ2) is 7.96. The molecule has 0 amide bonds. The highest BCUT2D eigenvalue weighted by atomic mass is 16.5. The largest absolute Gasteiger partial charge is 0.497 e. The first kappa shape index (κ1) is 18.9. The molecule has 0 atom stereocenters. The van der Waals surface area contributed by atoms with Crippen molar-refractivity contribution >= 4 is 10.8 Å². The van der Waals surface area contributed by atoms with Gasteiger partial charge in [0.15, 0.2) is 0 Å². The molecule has 31 heavy (non-hydrogen) atoms. The number of benzene rings is 4. The molecule has 4 aromatic carbocycles. The molecule has 1 heterocycles. The average Bonchev–Trinajstić information content (AvgIpc) is 2.84. The Morgan fingerprint density at radius 3 is 2.16 bits per heavy atom. The van der Waals surface area contributed by atoms with E-state index < -0.39 is 0 Å². The van der Waals surface area contributed by atoms with Crippen molar-refractivity contribution in [3.8, 4) is 39.3 Å². The average molecular weight is 404 g/mol. The van der Waals surface area contributed by atoms with Gasteiger partial charge >= 0.3 is 5.63 Å². The third kappa shape index (κ3) is 3.51. The Morgan fingerprint density at radius 1 is 0.677 bits per heavy atom. The molecular weight excluding hydrogens is 384 g/mol. The van der Waals surface area contributed by atoms with E-state index in [2.05, 4.69) is 0 Å². The Bertz CT molecular complexity index is 1410. The van der Waals surface area contributed by atoms with Gasteiger partial charge in [0.2, 0.25) is 0 Å². The van der Waals surface area contributed by atoms with Crippen LogP contribution < -0.4 is 10.4 Å². The number of hydrogen-bond donors (Lipinski definition) is 0. The molecule has 0 saturated heterocycles. The van der Waals surface area contributed by atoms with Gasteiger partial charge in [0.1, 0.15) is 11.5 Å². The fraction of sp³-hybridized carbons (Fsp3) is 0.0357. The molecule has 0 aliphatic carbocycles. The van der Waals surface area contributed by atoms with E-state index in [1.54, 1.807) is 7.11 Å². The zero-order valence-electron chi connectivity index (χ0n) is 17.0. The third-order valence-corrected chi connectivity index (χ3v) is 5.47. The van der Waals surface area contributed by atoms with Crippen molar-refractivity contribution < 1.29 is 9.15 Å². The Hall–Kier alpha value is -4.11. The van der Waals surface area contributed by atoms with Crippen LogP contribution in [0, 0.1) is 0 Å². The molecule has 5 rings (SSSR count). The van der Waals surface area contributed by atoms with Gasteiger partial charge in [-0.3, -0.25) is 0 Å². The van der Waals surface area contributed by atoms with Crippen LogP contribution in [0.15, 0.2) is 112 Å². The Kier molecular flexibility index (Phi) is 4.85. The van der Waals surface area contributed by atoms with Crippen molar-refractivity contribution in [1.82, 2.24) is 0 Å². The molecule has 0 spiro atoms. The van der Waals surface area contributed by atoms with Crippen molar-refractivity contribution in [2.45, 2.75) is 0 Å². The van der Waals surface area contributed by atoms with E-state index in [9.17, 15) is 4.79 Å². The minimum absolute atomic E-state index is 0.358. The monoisotopic (exact) mass is 404 g/mol. The lowest BCUT2D eigenvalue weighted by Gasteiger charge is -2.13. The molecule has 0 bridgehead atoms. The SMILES string of the molecule is COc1ccc(-c2cc(-c3ccccc3)c(-c3cccc4ccccc34)c(=O)o2)cc1.